The van der Waals surface area contributed by atoms with Crippen molar-refractivity contribution in [3.63, 3.8) is 0 Å². The second kappa shape index (κ2) is 5.49. The van der Waals surface area contributed by atoms with Crippen LogP contribution in [0.1, 0.15) is 0 Å². The summed E-state index contributed by atoms with van der Waals surface area (Å²) in [5.41, 5.74) is -0.520. The molecule has 4 nitrogen and oxygen atoms in total. The maximum atomic E-state index is 11.1. The van der Waals surface area contributed by atoms with E-state index in [4.69, 9.17) is 10.5 Å². The summed E-state index contributed by atoms with van der Waals surface area (Å²) in [5, 5.41) is 19.1. The number of hydrogen-bond donors (Lipinski definition) is 1. The SMILES string of the molecule is C=C/C=C\C(=C)C(=O)/C(C#N)=N/O. The lowest BCUT2D eigenvalue weighted by Gasteiger charge is -1.92. The first-order valence-electron chi connectivity index (χ1n) is 3.32. The van der Waals surface area contributed by atoms with Crippen molar-refractivity contribution in [3.8, 4) is 6.07 Å². The average Bonchev–Trinajstić information content (AvgIpc) is 2.15. The number of Topliss-reactive ketones (excluding diaryl/α,β-unsaturated/α-hetero) is 1. The van der Waals surface area contributed by atoms with Crippen LogP contribution in [0.15, 0.2) is 42.1 Å². The predicted molar refractivity (Wildman–Crippen MR) is 48.3 cm³/mol. The molecule has 0 aliphatic heterocycles. The summed E-state index contributed by atoms with van der Waals surface area (Å²) < 4.78 is 0. The van der Waals surface area contributed by atoms with Gasteiger partial charge in [0, 0.05) is 5.57 Å². The maximum absolute atomic E-state index is 11.1. The number of nitrogens with zero attached hydrogens (tertiary/aromatic N) is 2. The molecule has 0 fully saturated rings. The Bertz CT molecular complexity index is 332. The summed E-state index contributed by atoms with van der Waals surface area (Å²) in [7, 11) is 0. The highest BCUT2D eigenvalue weighted by molar-refractivity contribution is 6.51. The highest BCUT2D eigenvalue weighted by Crippen LogP contribution is 1.97. The molecule has 0 aromatic carbocycles. The Morgan fingerprint density at radius 1 is 1.62 bits per heavy atom. The quantitative estimate of drug-likeness (QED) is 0.230. The summed E-state index contributed by atoms with van der Waals surface area (Å²) in [6.45, 7) is 6.78. The number of rotatable bonds is 4. The Kier molecular flexibility index (Phi) is 4.59. The van der Waals surface area contributed by atoms with Gasteiger partial charge in [0.15, 0.2) is 0 Å². The van der Waals surface area contributed by atoms with Crippen LogP contribution in [0, 0.1) is 11.3 Å². The molecule has 13 heavy (non-hydrogen) atoms. The van der Waals surface area contributed by atoms with Gasteiger partial charge in [-0.3, -0.25) is 4.79 Å². The first-order valence-corrected chi connectivity index (χ1v) is 3.32. The van der Waals surface area contributed by atoms with Crippen LogP contribution in [0.3, 0.4) is 0 Å². The van der Waals surface area contributed by atoms with E-state index in [1.54, 1.807) is 0 Å². The Morgan fingerprint density at radius 3 is 2.62 bits per heavy atom. The fourth-order valence-electron chi connectivity index (χ4n) is 0.531. The van der Waals surface area contributed by atoms with Crippen LogP contribution >= 0.6 is 0 Å². The molecule has 66 valence electrons. The largest absolute Gasteiger partial charge is 0.410 e. The summed E-state index contributed by atoms with van der Waals surface area (Å²) >= 11 is 0. The van der Waals surface area contributed by atoms with E-state index in [1.807, 2.05) is 0 Å². The van der Waals surface area contributed by atoms with Crippen molar-refractivity contribution in [3.05, 3.63) is 37.0 Å². The number of allylic oxidation sites excluding steroid dienone is 4. The molecule has 0 heterocycles. The van der Waals surface area contributed by atoms with Gasteiger partial charge in [0.25, 0.3) is 0 Å². The van der Waals surface area contributed by atoms with Crippen LogP contribution in [-0.2, 0) is 4.79 Å². The van der Waals surface area contributed by atoms with Gasteiger partial charge < -0.3 is 5.21 Å². The van der Waals surface area contributed by atoms with Gasteiger partial charge in [-0.15, -0.1) is 0 Å². The first-order chi connectivity index (χ1) is 6.17. The fraction of sp³-hybridized carbons (Fsp3) is 0. The monoisotopic (exact) mass is 176 g/mol. The summed E-state index contributed by atoms with van der Waals surface area (Å²) in [4.78, 5) is 11.1. The Hall–Kier alpha value is -2.15. The molecule has 0 unspecified atom stereocenters. The normalized spacial score (nSPS) is 10.8. The average molecular weight is 176 g/mol. The molecule has 0 radical (unpaired) electrons. The van der Waals surface area contributed by atoms with Gasteiger partial charge in [-0.1, -0.05) is 36.5 Å². The molecule has 0 aliphatic carbocycles. The van der Waals surface area contributed by atoms with Gasteiger partial charge in [0.2, 0.25) is 11.5 Å². The molecule has 4 heteroatoms. The highest BCUT2D eigenvalue weighted by atomic mass is 16.4. The van der Waals surface area contributed by atoms with Crippen molar-refractivity contribution in [2.45, 2.75) is 0 Å². The molecule has 0 spiro atoms. The third kappa shape index (κ3) is 3.16. The van der Waals surface area contributed by atoms with E-state index in [2.05, 4.69) is 18.3 Å². The minimum atomic E-state index is -0.705. The zero-order chi connectivity index (χ0) is 10.3. The van der Waals surface area contributed by atoms with Crippen molar-refractivity contribution < 1.29 is 10.0 Å². The Balaban J connectivity index is 4.64. The number of carbonyl (C=O) groups is 1. The van der Waals surface area contributed by atoms with Gasteiger partial charge in [0.05, 0.1) is 0 Å². The van der Waals surface area contributed by atoms with Crippen molar-refractivity contribution in [2.24, 2.45) is 5.16 Å². The van der Waals surface area contributed by atoms with Gasteiger partial charge in [-0.25, -0.2) is 0 Å². The third-order valence-corrected chi connectivity index (χ3v) is 1.15. The zero-order valence-corrected chi connectivity index (χ0v) is 6.90. The third-order valence-electron chi connectivity index (χ3n) is 1.15. The van der Waals surface area contributed by atoms with E-state index in [0.717, 1.165) is 0 Å². The number of ketones is 1. The van der Waals surface area contributed by atoms with Crippen molar-refractivity contribution in [1.82, 2.24) is 0 Å². The summed E-state index contributed by atoms with van der Waals surface area (Å²) in [6, 6.07) is 1.44. The number of carbonyl (C=O) groups excluding carboxylic acids is 1. The first kappa shape index (κ1) is 10.8. The predicted octanol–water partition coefficient (Wildman–Crippen LogP) is 1.21. The molecular formula is C9H8N2O2. The molecule has 0 saturated heterocycles. The second-order valence-corrected chi connectivity index (χ2v) is 2.01. The molecule has 1 N–H and O–H groups in total. The van der Waals surface area contributed by atoms with E-state index in [1.165, 1.54) is 24.3 Å². The van der Waals surface area contributed by atoms with Crippen LogP contribution in [-0.4, -0.2) is 16.7 Å². The molecule has 0 saturated carbocycles. The van der Waals surface area contributed by atoms with E-state index in [9.17, 15) is 4.79 Å². The molecule has 0 atom stereocenters. The summed E-state index contributed by atoms with van der Waals surface area (Å²) in [5.74, 6) is -0.705. The van der Waals surface area contributed by atoms with E-state index >= 15 is 0 Å². The van der Waals surface area contributed by atoms with Crippen molar-refractivity contribution >= 4 is 11.5 Å². The van der Waals surface area contributed by atoms with Crippen LogP contribution in [0.2, 0.25) is 0 Å². The van der Waals surface area contributed by atoms with Crippen molar-refractivity contribution in [1.29, 1.82) is 5.26 Å². The van der Waals surface area contributed by atoms with Crippen LogP contribution < -0.4 is 0 Å². The van der Waals surface area contributed by atoms with E-state index < -0.39 is 11.5 Å². The lowest BCUT2D eigenvalue weighted by atomic mass is 10.1. The standard InChI is InChI=1S/C9H8N2O2/c1-3-4-5-7(2)9(12)8(6-10)11-13/h3-5,13H,1-2H2/b5-4-,11-8+. The van der Waals surface area contributed by atoms with Gasteiger partial charge in [-0.2, -0.15) is 5.26 Å². The minimum absolute atomic E-state index is 0.0641. The molecule has 0 aromatic heterocycles. The highest BCUT2D eigenvalue weighted by Gasteiger charge is 2.12. The Labute approximate surface area is 75.8 Å². The number of nitriles is 1. The van der Waals surface area contributed by atoms with Crippen LogP contribution in [0.25, 0.3) is 0 Å². The topological polar surface area (TPSA) is 73.5 Å². The summed E-state index contributed by atoms with van der Waals surface area (Å²) in [6.07, 6.45) is 4.32. The fourth-order valence-corrected chi connectivity index (χ4v) is 0.531. The molecule has 0 amide bonds. The molecular weight excluding hydrogens is 168 g/mol. The minimum Gasteiger partial charge on any atom is -0.410 e. The van der Waals surface area contributed by atoms with Gasteiger partial charge in [-0.05, 0) is 0 Å². The maximum Gasteiger partial charge on any atom is 0.227 e. The zero-order valence-electron chi connectivity index (χ0n) is 6.90. The van der Waals surface area contributed by atoms with Crippen LogP contribution in [0.4, 0.5) is 0 Å². The van der Waals surface area contributed by atoms with E-state index in [0.29, 0.717) is 0 Å². The van der Waals surface area contributed by atoms with Crippen LogP contribution in [0.5, 0.6) is 0 Å². The van der Waals surface area contributed by atoms with E-state index in [-0.39, 0.29) is 5.57 Å². The smallest absolute Gasteiger partial charge is 0.227 e. The molecule has 0 aliphatic rings. The molecule has 0 rings (SSSR count). The number of hydrogen-bond acceptors (Lipinski definition) is 4. The Morgan fingerprint density at radius 2 is 2.23 bits per heavy atom. The lowest BCUT2D eigenvalue weighted by Crippen LogP contribution is -2.12. The molecule has 0 aromatic rings. The van der Waals surface area contributed by atoms with Crippen molar-refractivity contribution in [2.75, 3.05) is 0 Å². The van der Waals surface area contributed by atoms with Gasteiger partial charge >= 0.3 is 0 Å². The second-order valence-electron chi connectivity index (χ2n) is 2.01. The molecule has 0 bridgehead atoms. The van der Waals surface area contributed by atoms with Gasteiger partial charge in [0.1, 0.15) is 6.07 Å². The number of oxime groups is 1. The lowest BCUT2D eigenvalue weighted by molar-refractivity contribution is -0.109.